The van der Waals surface area contributed by atoms with Crippen molar-refractivity contribution >= 4 is 11.4 Å². The smallest absolute Gasteiger partial charge is 0.295 e. The molecule has 0 saturated heterocycles. The first-order chi connectivity index (χ1) is 9.68. The predicted octanol–water partition coefficient (Wildman–Crippen LogP) is 3.78. The van der Waals surface area contributed by atoms with Gasteiger partial charge < -0.3 is 5.32 Å². The number of rotatable bonds is 6. The van der Waals surface area contributed by atoms with E-state index in [-0.39, 0.29) is 11.4 Å². The van der Waals surface area contributed by atoms with E-state index >= 15 is 0 Å². The number of anilines is 1. The largest absolute Gasteiger partial charge is 0.377 e. The van der Waals surface area contributed by atoms with E-state index in [1.54, 1.807) is 0 Å². The van der Waals surface area contributed by atoms with E-state index in [1.165, 1.54) is 23.8 Å². The molecule has 0 heterocycles. The molecule has 2 aromatic rings. The summed E-state index contributed by atoms with van der Waals surface area (Å²) in [5.41, 5.74) is 0.924. The zero-order valence-corrected chi connectivity index (χ0v) is 10.9. The third-order valence-electron chi connectivity index (χ3n) is 2.98. The van der Waals surface area contributed by atoms with Crippen molar-refractivity contribution in [1.29, 1.82) is 0 Å². The number of hydrogen-bond donors (Lipinski definition) is 1. The van der Waals surface area contributed by atoms with E-state index in [0.29, 0.717) is 6.54 Å². The Labute approximate surface area is 116 Å². The predicted molar refractivity (Wildman–Crippen MR) is 76.3 cm³/mol. The Morgan fingerprint density at radius 1 is 1.10 bits per heavy atom. The maximum atomic E-state index is 13.6. The third-order valence-corrected chi connectivity index (χ3v) is 2.98. The summed E-state index contributed by atoms with van der Waals surface area (Å²) in [5, 5.41) is 13.6. The van der Waals surface area contributed by atoms with Crippen molar-refractivity contribution in [1.82, 2.24) is 0 Å². The van der Waals surface area contributed by atoms with Crippen molar-refractivity contribution in [2.45, 2.75) is 12.8 Å². The third kappa shape index (κ3) is 3.54. The van der Waals surface area contributed by atoms with Gasteiger partial charge in [-0.3, -0.25) is 10.1 Å². The minimum Gasteiger partial charge on any atom is -0.377 e. The van der Waals surface area contributed by atoms with Crippen molar-refractivity contribution in [3.05, 3.63) is 70.0 Å². The molecule has 0 unspecified atom stereocenters. The summed E-state index contributed by atoms with van der Waals surface area (Å²) in [6.45, 7) is 0.483. The highest BCUT2D eigenvalue weighted by Gasteiger charge is 2.16. The topological polar surface area (TPSA) is 55.2 Å². The van der Waals surface area contributed by atoms with Gasteiger partial charge in [-0.25, -0.2) is 4.39 Å². The van der Waals surface area contributed by atoms with Gasteiger partial charge in [-0.15, -0.1) is 0 Å². The second kappa shape index (κ2) is 6.65. The number of halogens is 1. The van der Waals surface area contributed by atoms with E-state index in [9.17, 15) is 14.5 Å². The number of benzene rings is 2. The quantitative estimate of drug-likeness (QED) is 0.495. The monoisotopic (exact) mass is 274 g/mol. The normalized spacial score (nSPS) is 10.2. The highest BCUT2D eigenvalue weighted by Crippen LogP contribution is 2.26. The van der Waals surface area contributed by atoms with E-state index in [1.807, 2.05) is 30.3 Å². The number of nitrogens with zero attached hydrogens (tertiary/aromatic N) is 1. The summed E-state index contributed by atoms with van der Waals surface area (Å²) in [5.74, 6) is -0.598. The Kier molecular flexibility index (Phi) is 4.65. The van der Waals surface area contributed by atoms with Gasteiger partial charge in [-0.1, -0.05) is 36.4 Å². The number of nitro groups is 1. The van der Waals surface area contributed by atoms with Gasteiger partial charge in [0.25, 0.3) is 5.69 Å². The maximum absolute atomic E-state index is 13.6. The zero-order chi connectivity index (χ0) is 14.4. The summed E-state index contributed by atoms with van der Waals surface area (Å²) in [4.78, 5) is 10.2. The van der Waals surface area contributed by atoms with E-state index in [2.05, 4.69) is 5.32 Å². The van der Waals surface area contributed by atoms with Gasteiger partial charge in [0, 0.05) is 12.6 Å². The van der Waals surface area contributed by atoms with Crippen LogP contribution in [0.3, 0.4) is 0 Å². The van der Waals surface area contributed by atoms with Crippen LogP contribution >= 0.6 is 0 Å². The van der Waals surface area contributed by atoms with Gasteiger partial charge in [0.2, 0.25) is 0 Å². The number of hydrogen-bond acceptors (Lipinski definition) is 3. The van der Waals surface area contributed by atoms with Crippen LogP contribution in [0.25, 0.3) is 0 Å². The Balaban J connectivity index is 1.93. The van der Waals surface area contributed by atoms with Crippen LogP contribution in [0.5, 0.6) is 0 Å². The van der Waals surface area contributed by atoms with Crippen LogP contribution in [0.2, 0.25) is 0 Å². The maximum Gasteiger partial charge on any atom is 0.295 e. The van der Waals surface area contributed by atoms with Gasteiger partial charge in [-0.2, -0.15) is 0 Å². The van der Waals surface area contributed by atoms with Crippen LogP contribution in [-0.4, -0.2) is 11.5 Å². The number of aryl methyl sites for hydroxylation is 1. The molecule has 0 saturated carbocycles. The van der Waals surface area contributed by atoms with Crippen molar-refractivity contribution < 1.29 is 9.31 Å². The average Bonchev–Trinajstić information content (AvgIpc) is 2.45. The second-order valence-corrected chi connectivity index (χ2v) is 4.41. The van der Waals surface area contributed by atoms with E-state index < -0.39 is 10.7 Å². The molecule has 0 aliphatic heterocycles. The lowest BCUT2D eigenvalue weighted by Crippen LogP contribution is -2.07. The van der Waals surface area contributed by atoms with Crippen molar-refractivity contribution in [2.75, 3.05) is 11.9 Å². The fourth-order valence-electron chi connectivity index (χ4n) is 1.99. The van der Waals surface area contributed by atoms with Crippen molar-refractivity contribution in [2.24, 2.45) is 0 Å². The van der Waals surface area contributed by atoms with E-state index in [4.69, 9.17) is 0 Å². The van der Waals surface area contributed by atoms with Gasteiger partial charge in [0.05, 0.1) is 4.92 Å². The molecule has 0 amide bonds. The average molecular weight is 274 g/mol. The Morgan fingerprint density at radius 2 is 1.85 bits per heavy atom. The minimum absolute atomic E-state index is 0.0365. The molecule has 2 aromatic carbocycles. The van der Waals surface area contributed by atoms with Crippen LogP contribution in [0.1, 0.15) is 12.0 Å². The second-order valence-electron chi connectivity index (χ2n) is 4.41. The van der Waals surface area contributed by atoms with Crippen LogP contribution in [0.4, 0.5) is 15.8 Å². The van der Waals surface area contributed by atoms with Crippen molar-refractivity contribution in [3.8, 4) is 0 Å². The molecule has 1 N–H and O–H groups in total. The molecule has 104 valence electrons. The highest BCUT2D eigenvalue weighted by atomic mass is 19.1. The number of nitrogens with one attached hydrogen (secondary N) is 1. The molecule has 0 aliphatic carbocycles. The minimum atomic E-state index is -0.598. The lowest BCUT2D eigenvalue weighted by Gasteiger charge is -2.08. The van der Waals surface area contributed by atoms with Crippen LogP contribution in [-0.2, 0) is 6.42 Å². The van der Waals surface area contributed by atoms with Crippen LogP contribution in [0.15, 0.2) is 48.5 Å². The molecule has 0 radical (unpaired) electrons. The number of para-hydroxylation sites is 1. The first-order valence-electron chi connectivity index (χ1n) is 6.39. The molecule has 0 aliphatic rings. The van der Waals surface area contributed by atoms with Gasteiger partial charge in [-0.05, 0) is 24.5 Å². The fourth-order valence-corrected chi connectivity index (χ4v) is 1.99. The lowest BCUT2D eigenvalue weighted by molar-refractivity contribution is -0.384. The highest BCUT2D eigenvalue weighted by molar-refractivity contribution is 5.62. The van der Waals surface area contributed by atoms with Gasteiger partial charge in [0.1, 0.15) is 5.69 Å². The lowest BCUT2D eigenvalue weighted by atomic mass is 10.1. The standard InChI is InChI=1S/C15H15FN2O2/c16-13-9-4-10-14(18(19)20)15(13)17-11-5-8-12-6-2-1-3-7-12/h1-4,6-7,9-10,17H,5,8,11H2. The summed E-state index contributed by atoms with van der Waals surface area (Å²) < 4.78 is 13.6. The van der Waals surface area contributed by atoms with Crippen LogP contribution in [0, 0.1) is 15.9 Å². The molecule has 0 fully saturated rings. The first-order valence-corrected chi connectivity index (χ1v) is 6.39. The SMILES string of the molecule is O=[N+]([O-])c1cccc(F)c1NCCCc1ccccc1. The molecule has 0 aromatic heterocycles. The summed E-state index contributed by atoms with van der Waals surface area (Å²) in [7, 11) is 0. The fraction of sp³-hybridized carbons (Fsp3) is 0.200. The van der Waals surface area contributed by atoms with E-state index in [0.717, 1.165) is 12.8 Å². The molecule has 2 rings (SSSR count). The summed E-state index contributed by atoms with van der Waals surface area (Å²) in [6.07, 6.45) is 1.62. The molecule has 0 atom stereocenters. The summed E-state index contributed by atoms with van der Waals surface area (Å²) >= 11 is 0. The Hall–Kier alpha value is -2.43. The number of nitro benzene ring substituents is 1. The zero-order valence-electron chi connectivity index (χ0n) is 10.9. The first kappa shape index (κ1) is 14.0. The molecule has 5 heteroatoms. The molecular weight excluding hydrogens is 259 g/mol. The molecular formula is C15H15FN2O2. The Morgan fingerprint density at radius 3 is 2.55 bits per heavy atom. The van der Waals surface area contributed by atoms with Gasteiger partial charge >= 0.3 is 0 Å². The van der Waals surface area contributed by atoms with Crippen LogP contribution < -0.4 is 5.32 Å². The van der Waals surface area contributed by atoms with Crippen molar-refractivity contribution in [3.63, 3.8) is 0 Å². The van der Waals surface area contributed by atoms with Gasteiger partial charge in [0.15, 0.2) is 5.82 Å². The molecule has 0 spiro atoms. The molecule has 4 nitrogen and oxygen atoms in total. The Bertz CT molecular complexity index is 588. The summed E-state index contributed by atoms with van der Waals surface area (Å²) in [6, 6.07) is 13.8. The molecule has 0 bridgehead atoms. The molecule has 20 heavy (non-hydrogen) atoms.